The zero-order chi connectivity index (χ0) is 24.0. The molecule has 3 rings (SSSR count). The molecular weight excluding hydrogens is 428 g/mol. The fraction of sp³-hybridized carbons (Fsp3) is 0.320. The molecule has 0 aliphatic carbocycles. The van der Waals surface area contributed by atoms with Crippen LogP contribution in [0.3, 0.4) is 0 Å². The van der Waals surface area contributed by atoms with Crippen molar-refractivity contribution in [2.75, 3.05) is 35.0 Å². The van der Waals surface area contributed by atoms with Crippen molar-refractivity contribution in [2.24, 2.45) is 0 Å². The van der Waals surface area contributed by atoms with E-state index in [0.717, 1.165) is 0 Å². The molecule has 0 radical (unpaired) electrons. The van der Waals surface area contributed by atoms with Crippen molar-refractivity contribution in [1.82, 2.24) is 0 Å². The number of carbonyl (C=O) groups excluding carboxylic acids is 1. The van der Waals surface area contributed by atoms with E-state index in [9.17, 15) is 4.79 Å². The molecule has 0 aromatic heterocycles. The van der Waals surface area contributed by atoms with Gasteiger partial charge in [-0.2, -0.15) is 0 Å². The highest BCUT2D eigenvalue weighted by Gasteiger charge is 2.41. The number of methoxy groups -OCH3 is 4. The number of carbonyl (C=O) groups is 1. The summed E-state index contributed by atoms with van der Waals surface area (Å²) in [6.07, 6.45) is 3.17. The molecule has 2 aromatic carbocycles. The van der Waals surface area contributed by atoms with Crippen LogP contribution in [0.1, 0.15) is 25.0 Å². The van der Waals surface area contributed by atoms with Gasteiger partial charge in [-0.25, -0.2) is 0 Å². The summed E-state index contributed by atoms with van der Waals surface area (Å²) < 4.78 is 38.7. The maximum absolute atomic E-state index is 13.3. The molecule has 0 bridgehead atoms. The van der Waals surface area contributed by atoms with Gasteiger partial charge in [0.2, 0.25) is 0 Å². The van der Waals surface area contributed by atoms with Gasteiger partial charge in [0.1, 0.15) is 23.0 Å². The van der Waals surface area contributed by atoms with E-state index in [4.69, 9.17) is 33.2 Å². The molecule has 1 saturated heterocycles. The van der Waals surface area contributed by atoms with Crippen LogP contribution in [0.2, 0.25) is 0 Å². The van der Waals surface area contributed by atoms with Gasteiger partial charge in [-0.1, -0.05) is 0 Å². The minimum atomic E-state index is -1.50. The number of ketones is 1. The van der Waals surface area contributed by atoms with Gasteiger partial charge >= 0.3 is 5.97 Å². The Bertz CT molecular complexity index is 993. The first-order valence-corrected chi connectivity index (χ1v) is 10.3. The third kappa shape index (κ3) is 5.40. The standard InChI is InChI=1S/C25H28O8/c1-7-31-25(2)32-22(12-16-8-10-18(27-3)14-20(16)29-5)24(26)23(33-25)13-17-9-11-19(28-4)15-21(17)30-6/h8-15H,7H2,1-6H3/b22-12-,23-13-. The maximum Gasteiger partial charge on any atom is 0.368 e. The van der Waals surface area contributed by atoms with E-state index in [1.54, 1.807) is 76.6 Å². The SMILES string of the molecule is CCOC1(C)O/C(=C\c2ccc(OC)cc2OC)C(=O)/C(=C/c2ccc(OC)cc2OC)O1. The molecule has 1 heterocycles. The van der Waals surface area contributed by atoms with Crippen LogP contribution < -0.4 is 18.9 Å². The lowest BCUT2D eigenvalue weighted by Gasteiger charge is -2.35. The fourth-order valence-corrected chi connectivity index (χ4v) is 3.30. The Morgan fingerprint density at radius 1 is 0.788 bits per heavy atom. The molecule has 0 saturated carbocycles. The van der Waals surface area contributed by atoms with Crippen LogP contribution in [0.15, 0.2) is 47.9 Å². The summed E-state index contributed by atoms with van der Waals surface area (Å²) in [6.45, 7) is 3.71. The number of Topliss-reactive ketones (excluding diaryl/α,β-unsaturated/α-hetero) is 1. The summed E-state index contributed by atoms with van der Waals surface area (Å²) in [5.41, 5.74) is 1.26. The van der Waals surface area contributed by atoms with Crippen molar-refractivity contribution >= 4 is 17.9 Å². The van der Waals surface area contributed by atoms with Crippen LogP contribution in [0, 0.1) is 0 Å². The smallest absolute Gasteiger partial charge is 0.368 e. The summed E-state index contributed by atoms with van der Waals surface area (Å²) in [4.78, 5) is 13.3. The lowest BCUT2D eigenvalue weighted by atomic mass is 10.1. The van der Waals surface area contributed by atoms with Gasteiger partial charge < -0.3 is 33.2 Å². The molecule has 8 nitrogen and oxygen atoms in total. The molecule has 176 valence electrons. The summed E-state index contributed by atoms with van der Waals surface area (Å²) in [5.74, 6) is 0.413. The number of ether oxygens (including phenoxy) is 7. The largest absolute Gasteiger partial charge is 0.497 e. The third-order valence-corrected chi connectivity index (χ3v) is 4.90. The summed E-state index contributed by atoms with van der Waals surface area (Å²) >= 11 is 0. The van der Waals surface area contributed by atoms with Crippen molar-refractivity contribution in [3.05, 3.63) is 59.0 Å². The van der Waals surface area contributed by atoms with Crippen LogP contribution in [0.5, 0.6) is 23.0 Å². The van der Waals surface area contributed by atoms with Crippen LogP contribution in [0.25, 0.3) is 12.2 Å². The number of hydrogen-bond acceptors (Lipinski definition) is 8. The van der Waals surface area contributed by atoms with Crippen LogP contribution in [0.4, 0.5) is 0 Å². The van der Waals surface area contributed by atoms with Gasteiger partial charge in [-0.05, 0) is 43.3 Å². The molecule has 8 heteroatoms. The minimum absolute atomic E-state index is 0.0411. The second-order valence-corrected chi connectivity index (χ2v) is 7.06. The van der Waals surface area contributed by atoms with Gasteiger partial charge in [-0.15, -0.1) is 0 Å². The first kappa shape index (κ1) is 24.0. The van der Waals surface area contributed by atoms with Crippen LogP contribution in [-0.4, -0.2) is 46.8 Å². The van der Waals surface area contributed by atoms with E-state index in [-0.39, 0.29) is 11.5 Å². The minimum Gasteiger partial charge on any atom is -0.497 e. The van der Waals surface area contributed by atoms with Gasteiger partial charge in [0, 0.05) is 30.2 Å². The lowest BCUT2D eigenvalue weighted by molar-refractivity contribution is -0.343. The quantitative estimate of drug-likeness (QED) is 0.540. The Morgan fingerprint density at radius 3 is 1.61 bits per heavy atom. The van der Waals surface area contributed by atoms with Crippen molar-refractivity contribution in [2.45, 2.75) is 19.8 Å². The maximum atomic E-state index is 13.3. The monoisotopic (exact) mass is 456 g/mol. The Morgan fingerprint density at radius 2 is 1.24 bits per heavy atom. The second kappa shape index (κ2) is 10.3. The third-order valence-electron chi connectivity index (χ3n) is 4.90. The molecule has 33 heavy (non-hydrogen) atoms. The van der Waals surface area contributed by atoms with E-state index >= 15 is 0 Å². The first-order valence-electron chi connectivity index (χ1n) is 10.3. The Balaban J connectivity index is 2.08. The summed E-state index contributed by atoms with van der Waals surface area (Å²) in [5, 5.41) is 0. The van der Waals surface area contributed by atoms with E-state index in [0.29, 0.717) is 40.7 Å². The normalized spacial score (nSPS) is 20.2. The molecule has 0 amide bonds. The first-order chi connectivity index (χ1) is 15.9. The Hall–Kier alpha value is -3.65. The van der Waals surface area contributed by atoms with Crippen molar-refractivity contribution in [3.8, 4) is 23.0 Å². The average Bonchev–Trinajstić information content (AvgIpc) is 2.82. The molecule has 0 unspecified atom stereocenters. The van der Waals surface area contributed by atoms with E-state index in [2.05, 4.69) is 0 Å². The predicted molar refractivity (Wildman–Crippen MR) is 122 cm³/mol. The van der Waals surface area contributed by atoms with E-state index in [1.165, 1.54) is 14.2 Å². The summed E-state index contributed by atoms with van der Waals surface area (Å²) in [7, 11) is 6.20. The highest BCUT2D eigenvalue weighted by Crippen LogP contribution is 2.36. The molecule has 0 N–H and O–H groups in total. The molecular formula is C25H28O8. The van der Waals surface area contributed by atoms with Crippen molar-refractivity contribution in [3.63, 3.8) is 0 Å². The highest BCUT2D eigenvalue weighted by atomic mass is 16.9. The van der Waals surface area contributed by atoms with Gasteiger partial charge in [0.15, 0.2) is 11.5 Å². The highest BCUT2D eigenvalue weighted by molar-refractivity contribution is 6.11. The zero-order valence-corrected chi connectivity index (χ0v) is 19.6. The van der Waals surface area contributed by atoms with Crippen LogP contribution >= 0.6 is 0 Å². The zero-order valence-electron chi connectivity index (χ0n) is 19.6. The number of rotatable bonds is 8. The fourth-order valence-electron chi connectivity index (χ4n) is 3.30. The van der Waals surface area contributed by atoms with Crippen LogP contribution in [-0.2, 0) is 19.0 Å². The van der Waals surface area contributed by atoms with E-state index < -0.39 is 11.8 Å². The van der Waals surface area contributed by atoms with Gasteiger partial charge in [0.25, 0.3) is 5.78 Å². The molecule has 0 spiro atoms. The average molecular weight is 456 g/mol. The second-order valence-electron chi connectivity index (χ2n) is 7.06. The molecule has 1 fully saturated rings. The molecule has 1 aliphatic heterocycles. The van der Waals surface area contributed by atoms with E-state index in [1.807, 2.05) is 0 Å². The van der Waals surface area contributed by atoms with Crippen molar-refractivity contribution in [1.29, 1.82) is 0 Å². The summed E-state index contributed by atoms with van der Waals surface area (Å²) in [6, 6.07) is 10.5. The Labute approximate surface area is 193 Å². The van der Waals surface area contributed by atoms with Gasteiger partial charge in [-0.3, -0.25) is 4.79 Å². The number of benzene rings is 2. The lowest BCUT2D eigenvalue weighted by Crippen LogP contribution is -2.42. The van der Waals surface area contributed by atoms with Crippen molar-refractivity contribution < 1.29 is 38.0 Å². The topological polar surface area (TPSA) is 81.7 Å². The molecule has 2 aromatic rings. The Kier molecular flexibility index (Phi) is 7.50. The molecule has 0 atom stereocenters. The molecule has 1 aliphatic rings. The predicted octanol–water partition coefficient (Wildman–Crippen LogP) is 4.43. The van der Waals surface area contributed by atoms with Gasteiger partial charge in [0.05, 0.1) is 35.0 Å². The number of hydrogen-bond donors (Lipinski definition) is 0.